The largest absolute Gasteiger partial charge is 0.321 e. The van der Waals surface area contributed by atoms with E-state index in [-0.39, 0.29) is 13.0 Å². The highest BCUT2D eigenvalue weighted by atomic mass is 35.5. The van der Waals surface area contributed by atoms with Gasteiger partial charge in [0, 0.05) is 19.2 Å². The summed E-state index contributed by atoms with van der Waals surface area (Å²) < 4.78 is 67.0. The Kier molecular flexibility index (Phi) is 4.88. The molecule has 0 radical (unpaired) electrons. The molecule has 1 N–H and O–H groups in total. The topological polar surface area (TPSA) is 46.9 Å². The molecule has 23 heavy (non-hydrogen) atoms. The van der Waals surface area contributed by atoms with E-state index in [4.69, 9.17) is 11.6 Å². The molecule has 0 fully saturated rings. The molecular weight excluding hydrogens is 345 g/mol. The number of carbonyl (C=O) groups is 1. The lowest BCUT2D eigenvalue weighted by molar-refractivity contribution is -0.116. The zero-order chi connectivity index (χ0) is 17.3. The fourth-order valence-electron chi connectivity index (χ4n) is 1.74. The molecule has 2 rings (SSSR count). The van der Waals surface area contributed by atoms with Crippen molar-refractivity contribution in [1.29, 1.82) is 0 Å². The van der Waals surface area contributed by atoms with E-state index in [1.807, 2.05) is 0 Å². The molecule has 0 bridgehead atoms. The first-order chi connectivity index (χ1) is 10.7. The summed E-state index contributed by atoms with van der Waals surface area (Å²) in [6.07, 6.45) is 1.12. The van der Waals surface area contributed by atoms with Crippen molar-refractivity contribution in [2.45, 2.75) is 19.9 Å². The van der Waals surface area contributed by atoms with Crippen LogP contribution in [0.2, 0.25) is 5.02 Å². The summed E-state index contributed by atoms with van der Waals surface area (Å²) in [5.41, 5.74) is -0.868. The minimum atomic E-state index is -2.29. The molecule has 1 amide bonds. The van der Waals surface area contributed by atoms with Crippen molar-refractivity contribution in [2.75, 3.05) is 5.32 Å². The van der Waals surface area contributed by atoms with Crippen LogP contribution in [-0.4, -0.2) is 15.7 Å². The van der Waals surface area contributed by atoms with Crippen molar-refractivity contribution in [3.63, 3.8) is 0 Å². The maximum absolute atomic E-state index is 13.4. The van der Waals surface area contributed by atoms with Crippen molar-refractivity contribution in [2.24, 2.45) is 0 Å². The van der Waals surface area contributed by atoms with Gasteiger partial charge in [0.25, 0.3) is 0 Å². The maximum Gasteiger partial charge on any atom is 0.226 e. The number of anilines is 1. The molecule has 1 aromatic heterocycles. The quantitative estimate of drug-likeness (QED) is 0.519. The van der Waals surface area contributed by atoms with Crippen molar-refractivity contribution < 1.29 is 26.7 Å². The highest BCUT2D eigenvalue weighted by molar-refractivity contribution is 6.31. The third-order valence-electron chi connectivity index (χ3n) is 2.93. The van der Waals surface area contributed by atoms with Gasteiger partial charge in [-0.15, -0.1) is 0 Å². The van der Waals surface area contributed by atoms with E-state index in [0.29, 0.717) is 10.7 Å². The van der Waals surface area contributed by atoms with Crippen LogP contribution in [0.15, 0.2) is 6.20 Å². The van der Waals surface area contributed by atoms with Gasteiger partial charge in [-0.05, 0) is 6.92 Å². The number of aromatic nitrogens is 2. The summed E-state index contributed by atoms with van der Waals surface area (Å²) >= 11 is 5.76. The second-order valence-electron chi connectivity index (χ2n) is 4.57. The molecular formula is C13H9ClF5N3O. The molecule has 0 saturated heterocycles. The number of rotatable bonds is 4. The van der Waals surface area contributed by atoms with Crippen molar-refractivity contribution >= 4 is 23.2 Å². The van der Waals surface area contributed by atoms with Gasteiger partial charge in [0.2, 0.25) is 11.7 Å². The van der Waals surface area contributed by atoms with Crippen molar-refractivity contribution in [3.8, 4) is 0 Å². The van der Waals surface area contributed by atoms with Crippen LogP contribution in [0.3, 0.4) is 0 Å². The fraction of sp³-hybridized carbons (Fsp3) is 0.231. The highest BCUT2D eigenvalue weighted by Gasteiger charge is 2.26. The first kappa shape index (κ1) is 17.2. The van der Waals surface area contributed by atoms with Gasteiger partial charge in [0.15, 0.2) is 23.3 Å². The van der Waals surface area contributed by atoms with Crippen LogP contribution in [0.5, 0.6) is 0 Å². The van der Waals surface area contributed by atoms with Gasteiger partial charge in [-0.25, -0.2) is 22.0 Å². The maximum atomic E-state index is 13.4. The molecule has 0 aliphatic rings. The molecule has 1 aromatic carbocycles. The average molecular weight is 354 g/mol. The number of nitrogens with zero attached hydrogens (tertiary/aromatic N) is 2. The van der Waals surface area contributed by atoms with Crippen LogP contribution in [0.4, 0.5) is 27.6 Å². The molecule has 0 aliphatic heterocycles. The minimum absolute atomic E-state index is 0.00872. The Bertz CT molecular complexity index is 729. The van der Waals surface area contributed by atoms with Crippen LogP contribution in [-0.2, 0) is 11.3 Å². The summed E-state index contributed by atoms with van der Waals surface area (Å²) in [7, 11) is 0. The van der Waals surface area contributed by atoms with E-state index in [1.165, 1.54) is 10.9 Å². The molecule has 10 heteroatoms. The number of aryl methyl sites for hydroxylation is 2. The van der Waals surface area contributed by atoms with Gasteiger partial charge in [0.1, 0.15) is 5.69 Å². The predicted molar refractivity (Wildman–Crippen MR) is 71.5 cm³/mol. The third-order valence-corrected chi connectivity index (χ3v) is 3.30. The number of nitrogens with one attached hydrogen (secondary N) is 1. The molecule has 0 atom stereocenters. The SMILES string of the molecule is Cc1nn(CCC(=O)Nc2c(F)c(F)c(F)c(F)c2F)cc1Cl. The minimum Gasteiger partial charge on any atom is -0.321 e. The molecule has 0 unspecified atom stereocenters. The van der Waals surface area contributed by atoms with E-state index in [0.717, 1.165) is 0 Å². The number of halogens is 6. The first-order valence-corrected chi connectivity index (χ1v) is 6.61. The number of carbonyl (C=O) groups excluding carboxylic acids is 1. The zero-order valence-corrected chi connectivity index (χ0v) is 12.3. The van der Waals surface area contributed by atoms with Gasteiger partial charge in [0.05, 0.1) is 10.7 Å². The summed E-state index contributed by atoms with van der Waals surface area (Å²) in [5.74, 6) is -11.7. The van der Waals surface area contributed by atoms with E-state index >= 15 is 0 Å². The standard InChI is InChI=1S/C13H9ClF5N3O/c1-5-6(14)4-22(21-5)3-2-7(23)20-13-11(18)9(16)8(15)10(17)12(13)19/h4H,2-3H2,1H3,(H,20,23). The number of benzene rings is 1. The lowest BCUT2D eigenvalue weighted by Crippen LogP contribution is -2.18. The number of hydrogen-bond donors (Lipinski definition) is 1. The van der Waals surface area contributed by atoms with Crippen molar-refractivity contribution in [1.82, 2.24) is 9.78 Å². The normalized spacial score (nSPS) is 10.9. The smallest absolute Gasteiger partial charge is 0.226 e. The molecule has 0 aliphatic carbocycles. The van der Waals surface area contributed by atoms with Gasteiger partial charge < -0.3 is 5.32 Å². The molecule has 0 spiro atoms. The third kappa shape index (κ3) is 3.44. The summed E-state index contributed by atoms with van der Waals surface area (Å²) in [5, 5.41) is 5.99. The zero-order valence-electron chi connectivity index (χ0n) is 11.6. The van der Waals surface area contributed by atoms with Crippen molar-refractivity contribution in [3.05, 3.63) is 46.0 Å². The van der Waals surface area contributed by atoms with E-state index in [1.54, 1.807) is 12.2 Å². The monoisotopic (exact) mass is 353 g/mol. The Morgan fingerprint density at radius 3 is 2.13 bits per heavy atom. The number of amides is 1. The fourth-order valence-corrected chi connectivity index (χ4v) is 1.89. The Morgan fingerprint density at radius 1 is 1.13 bits per heavy atom. The highest BCUT2D eigenvalue weighted by Crippen LogP contribution is 2.27. The second-order valence-corrected chi connectivity index (χ2v) is 4.98. The second kappa shape index (κ2) is 6.53. The van der Waals surface area contributed by atoms with E-state index in [2.05, 4.69) is 5.10 Å². The van der Waals surface area contributed by atoms with Gasteiger partial charge in [-0.3, -0.25) is 9.48 Å². The number of hydrogen-bond acceptors (Lipinski definition) is 2. The Balaban J connectivity index is 2.11. The van der Waals surface area contributed by atoms with Gasteiger partial charge in [-0.2, -0.15) is 5.10 Å². The lowest BCUT2D eigenvalue weighted by Gasteiger charge is -2.09. The van der Waals surface area contributed by atoms with Crippen LogP contribution in [0, 0.1) is 36.0 Å². The van der Waals surface area contributed by atoms with Gasteiger partial charge in [-0.1, -0.05) is 11.6 Å². The summed E-state index contributed by atoms with van der Waals surface area (Å²) in [6.45, 7) is 1.64. The van der Waals surface area contributed by atoms with E-state index < -0.39 is 40.7 Å². The molecule has 2 aromatic rings. The van der Waals surface area contributed by atoms with Crippen LogP contribution in [0.25, 0.3) is 0 Å². The first-order valence-electron chi connectivity index (χ1n) is 6.23. The molecule has 124 valence electrons. The molecule has 0 saturated carbocycles. The van der Waals surface area contributed by atoms with Gasteiger partial charge >= 0.3 is 0 Å². The molecule has 4 nitrogen and oxygen atoms in total. The summed E-state index contributed by atoms with van der Waals surface area (Å²) in [6, 6.07) is 0. The average Bonchev–Trinajstić information content (AvgIpc) is 2.84. The van der Waals surface area contributed by atoms with Crippen LogP contribution in [0.1, 0.15) is 12.1 Å². The Morgan fingerprint density at radius 2 is 1.65 bits per heavy atom. The lowest BCUT2D eigenvalue weighted by atomic mass is 10.2. The Hall–Kier alpha value is -2.16. The Labute approximate surface area is 131 Å². The predicted octanol–water partition coefficient (Wildman–Crippen LogP) is 3.57. The molecule has 1 heterocycles. The van der Waals surface area contributed by atoms with Crippen LogP contribution < -0.4 is 5.32 Å². The van der Waals surface area contributed by atoms with Crippen LogP contribution >= 0.6 is 11.6 Å². The van der Waals surface area contributed by atoms with E-state index in [9.17, 15) is 26.7 Å². The summed E-state index contributed by atoms with van der Waals surface area (Å²) in [4.78, 5) is 11.6.